The fourth-order valence-corrected chi connectivity index (χ4v) is 3.98. The Morgan fingerprint density at radius 1 is 1.44 bits per heavy atom. The molecule has 8 heteroatoms. The van der Waals surface area contributed by atoms with E-state index in [1.807, 2.05) is 0 Å². The SMILES string of the molecule is CCOP(=O)(C#C/C(C)=C/C(Cl)=C(\CCl)C(=O)O)c1cccc(O)c1. The monoisotopic (exact) mass is 402 g/mol. The predicted molar refractivity (Wildman–Crippen MR) is 99.7 cm³/mol. The largest absolute Gasteiger partial charge is 0.508 e. The highest BCUT2D eigenvalue weighted by Crippen LogP contribution is 2.45. The van der Waals surface area contributed by atoms with Crippen molar-refractivity contribution >= 4 is 41.8 Å². The molecule has 1 atom stereocenters. The molecular formula is C17H17Cl2O5P. The van der Waals surface area contributed by atoms with Crippen molar-refractivity contribution < 1.29 is 24.1 Å². The molecule has 134 valence electrons. The van der Waals surface area contributed by atoms with E-state index in [1.54, 1.807) is 26.0 Å². The van der Waals surface area contributed by atoms with Gasteiger partial charge in [-0.3, -0.25) is 4.57 Å². The van der Waals surface area contributed by atoms with Crippen molar-refractivity contribution in [2.45, 2.75) is 13.8 Å². The van der Waals surface area contributed by atoms with Gasteiger partial charge in [-0.25, -0.2) is 4.79 Å². The number of aliphatic carboxylic acids is 1. The van der Waals surface area contributed by atoms with E-state index in [0.29, 0.717) is 5.57 Å². The van der Waals surface area contributed by atoms with Gasteiger partial charge in [-0.2, -0.15) is 0 Å². The molecule has 0 saturated heterocycles. The normalized spacial score (nSPS) is 14.8. The molecule has 1 aromatic carbocycles. The van der Waals surface area contributed by atoms with Crippen molar-refractivity contribution in [1.29, 1.82) is 0 Å². The number of carbonyl (C=O) groups is 1. The summed E-state index contributed by atoms with van der Waals surface area (Å²) in [5.74, 6) is 1.13. The number of phenols is 1. The number of carboxylic acid groups (broad SMARTS) is 1. The highest BCUT2D eigenvalue weighted by atomic mass is 35.5. The lowest BCUT2D eigenvalue weighted by Gasteiger charge is -2.11. The second-order valence-electron chi connectivity index (χ2n) is 4.82. The van der Waals surface area contributed by atoms with Crippen molar-refractivity contribution in [3.8, 4) is 17.3 Å². The summed E-state index contributed by atoms with van der Waals surface area (Å²) in [6.45, 7) is 3.43. The van der Waals surface area contributed by atoms with Gasteiger partial charge in [-0.1, -0.05) is 23.6 Å². The maximum Gasteiger partial charge on any atom is 0.334 e. The van der Waals surface area contributed by atoms with E-state index in [1.165, 1.54) is 18.2 Å². The van der Waals surface area contributed by atoms with Gasteiger partial charge in [0.1, 0.15) is 5.75 Å². The van der Waals surface area contributed by atoms with E-state index in [9.17, 15) is 14.5 Å². The number of benzene rings is 1. The second kappa shape index (κ2) is 9.70. The number of carboxylic acids is 1. The molecule has 0 spiro atoms. The first kappa shape index (κ1) is 21.3. The van der Waals surface area contributed by atoms with Crippen LogP contribution in [-0.4, -0.2) is 28.7 Å². The Hall–Kier alpha value is -1.70. The number of hydrogen-bond acceptors (Lipinski definition) is 4. The lowest BCUT2D eigenvalue weighted by Crippen LogP contribution is -2.05. The summed E-state index contributed by atoms with van der Waals surface area (Å²) in [7, 11) is -3.51. The summed E-state index contributed by atoms with van der Waals surface area (Å²) in [6.07, 6.45) is 1.33. The molecule has 1 unspecified atom stereocenters. The fourth-order valence-electron chi connectivity index (χ4n) is 1.73. The van der Waals surface area contributed by atoms with E-state index in [-0.39, 0.29) is 34.1 Å². The van der Waals surface area contributed by atoms with Crippen molar-refractivity contribution in [2.75, 3.05) is 12.5 Å². The third-order valence-electron chi connectivity index (χ3n) is 2.90. The fraction of sp³-hybridized carbons (Fsp3) is 0.235. The van der Waals surface area contributed by atoms with Crippen LogP contribution in [0.4, 0.5) is 0 Å². The number of rotatable bonds is 6. The molecule has 0 radical (unpaired) electrons. The zero-order valence-corrected chi connectivity index (χ0v) is 16.0. The van der Waals surface area contributed by atoms with Crippen LogP contribution in [0.2, 0.25) is 0 Å². The lowest BCUT2D eigenvalue weighted by atomic mass is 10.2. The minimum Gasteiger partial charge on any atom is -0.508 e. The molecule has 0 saturated carbocycles. The quantitative estimate of drug-likeness (QED) is 0.246. The number of hydrogen-bond donors (Lipinski definition) is 2. The Kier molecular flexibility index (Phi) is 8.28. The van der Waals surface area contributed by atoms with Gasteiger partial charge >= 0.3 is 13.3 Å². The van der Waals surface area contributed by atoms with Crippen LogP contribution in [-0.2, 0) is 13.9 Å². The van der Waals surface area contributed by atoms with Crippen LogP contribution in [0.25, 0.3) is 0 Å². The number of aromatic hydroxyl groups is 1. The minimum atomic E-state index is -3.51. The van der Waals surface area contributed by atoms with Crippen molar-refractivity contribution in [3.05, 3.63) is 46.5 Å². The minimum absolute atomic E-state index is 0.0503. The molecule has 0 fully saturated rings. The smallest absolute Gasteiger partial charge is 0.334 e. The van der Waals surface area contributed by atoms with Crippen molar-refractivity contribution in [1.82, 2.24) is 0 Å². The van der Waals surface area contributed by atoms with E-state index < -0.39 is 13.3 Å². The number of alkyl halides is 1. The van der Waals surface area contributed by atoms with Gasteiger partial charge in [-0.15, -0.1) is 11.6 Å². The van der Waals surface area contributed by atoms with Crippen LogP contribution < -0.4 is 5.30 Å². The van der Waals surface area contributed by atoms with Gasteiger partial charge < -0.3 is 14.7 Å². The zero-order chi connectivity index (χ0) is 19.0. The third-order valence-corrected chi connectivity index (χ3v) is 5.49. The Bertz CT molecular complexity index is 818. The molecular weight excluding hydrogens is 386 g/mol. The molecule has 1 aromatic rings. The Morgan fingerprint density at radius 2 is 2.12 bits per heavy atom. The summed E-state index contributed by atoms with van der Waals surface area (Å²) in [5, 5.41) is 18.7. The number of allylic oxidation sites excluding steroid dienone is 3. The average molecular weight is 403 g/mol. The van der Waals surface area contributed by atoms with Gasteiger partial charge in [0.05, 0.1) is 28.4 Å². The van der Waals surface area contributed by atoms with E-state index >= 15 is 0 Å². The molecule has 2 N–H and O–H groups in total. The standard InChI is InChI=1S/C17H17Cl2O5P/c1-3-24-25(23,14-6-4-5-13(20)10-14)8-7-12(2)9-16(19)15(11-18)17(21)22/h4-6,9-10,20H,3,11H2,1-2H3,(H,21,22)/b12-9+,16-15-. The molecule has 0 aromatic heterocycles. The van der Waals surface area contributed by atoms with E-state index in [0.717, 1.165) is 0 Å². The highest BCUT2D eigenvalue weighted by molar-refractivity contribution is 7.71. The molecule has 0 heterocycles. The maximum atomic E-state index is 13.0. The Morgan fingerprint density at radius 3 is 2.64 bits per heavy atom. The van der Waals surface area contributed by atoms with Gasteiger partial charge in [0.25, 0.3) is 0 Å². The average Bonchev–Trinajstić information content (AvgIpc) is 2.53. The molecule has 25 heavy (non-hydrogen) atoms. The van der Waals surface area contributed by atoms with Gasteiger partial charge in [0, 0.05) is 5.57 Å². The first-order valence-electron chi connectivity index (χ1n) is 7.17. The molecule has 5 nitrogen and oxygen atoms in total. The van der Waals surface area contributed by atoms with Crippen LogP contribution >= 0.6 is 30.6 Å². The van der Waals surface area contributed by atoms with Gasteiger partial charge in [0.2, 0.25) is 0 Å². The van der Waals surface area contributed by atoms with Crippen LogP contribution in [0, 0.1) is 11.6 Å². The molecule has 0 bridgehead atoms. The summed E-state index contributed by atoms with van der Waals surface area (Å²) in [6, 6.07) is 5.86. The van der Waals surface area contributed by atoms with Crippen LogP contribution in [0.1, 0.15) is 13.8 Å². The summed E-state index contributed by atoms with van der Waals surface area (Å²) < 4.78 is 18.3. The number of phenolic OH excluding ortho intramolecular Hbond substituents is 1. The van der Waals surface area contributed by atoms with E-state index in [4.69, 9.17) is 32.8 Å². The maximum absolute atomic E-state index is 13.0. The lowest BCUT2D eigenvalue weighted by molar-refractivity contribution is -0.132. The van der Waals surface area contributed by atoms with E-state index in [2.05, 4.69) is 11.6 Å². The van der Waals surface area contributed by atoms with Crippen LogP contribution in [0.5, 0.6) is 5.75 Å². The molecule has 0 aliphatic rings. The zero-order valence-electron chi connectivity index (χ0n) is 13.6. The van der Waals surface area contributed by atoms with Crippen molar-refractivity contribution in [2.24, 2.45) is 0 Å². The summed E-state index contributed by atoms with van der Waals surface area (Å²) in [5.41, 5.74) is 2.80. The van der Waals surface area contributed by atoms with Crippen LogP contribution in [0.15, 0.2) is 46.5 Å². The summed E-state index contributed by atoms with van der Waals surface area (Å²) in [4.78, 5) is 11.0. The summed E-state index contributed by atoms with van der Waals surface area (Å²) >= 11 is 11.5. The topological polar surface area (TPSA) is 83.8 Å². The third kappa shape index (κ3) is 6.26. The van der Waals surface area contributed by atoms with Gasteiger partial charge in [0.15, 0.2) is 0 Å². The molecule has 1 rings (SSSR count). The molecule has 0 amide bonds. The van der Waals surface area contributed by atoms with Crippen molar-refractivity contribution in [3.63, 3.8) is 0 Å². The highest BCUT2D eigenvalue weighted by Gasteiger charge is 2.23. The van der Waals surface area contributed by atoms with Gasteiger partial charge in [-0.05, 0) is 43.8 Å². The first-order valence-corrected chi connectivity index (χ1v) is 9.71. The molecule has 0 aliphatic carbocycles. The Balaban J connectivity index is 3.26. The second-order valence-corrected chi connectivity index (χ2v) is 7.59. The predicted octanol–water partition coefficient (Wildman–Crippen LogP) is 4.06. The van der Waals surface area contributed by atoms with Crippen LogP contribution in [0.3, 0.4) is 0 Å². The molecule has 0 aliphatic heterocycles. The first-order chi connectivity index (χ1) is 11.7. The number of halogens is 2. The Labute approximate surface area is 156 Å².